The van der Waals surface area contributed by atoms with E-state index in [4.69, 9.17) is 10.5 Å². The summed E-state index contributed by atoms with van der Waals surface area (Å²) in [5.41, 5.74) is 6.44. The van der Waals surface area contributed by atoms with Crippen LogP contribution in [0.2, 0.25) is 0 Å². The van der Waals surface area contributed by atoms with E-state index in [9.17, 15) is 4.39 Å². The lowest BCUT2D eigenvalue weighted by Crippen LogP contribution is -2.46. The molecule has 0 saturated heterocycles. The topological polar surface area (TPSA) is 35.2 Å². The van der Waals surface area contributed by atoms with E-state index in [1.165, 1.54) is 6.07 Å². The average molecular weight is 330 g/mol. The van der Waals surface area contributed by atoms with Crippen molar-refractivity contribution in [1.82, 2.24) is 0 Å². The van der Waals surface area contributed by atoms with E-state index in [0.717, 1.165) is 30.2 Å². The largest absolute Gasteiger partial charge is 0.376 e. The maximum absolute atomic E-state index is 14.0. The zero-order valence-corrected chi connectivity index (χ0v) is 13.0. The molecule has 2 N–H and O–H groups in total. The van der Waals surface area contributed by atoms with Gasteiger partial charge in [-0.1, -0.05) is 22.9 Å². The molecule has 0 aromatic heterocycles. The normalized spacial score (nSPS) is 29.2. The summed E-state index contributed by atoms with van der Waals surface area (Å²) in [5, 5.41) is 0. The van der Waals surface area contributed by atoms with Gasteiger partial charge in [-0.05, 0) is 49.8 Å². The highest BCUT2D eigenvalue weighted by atomic mass is 79.9. The van der Waals surface area contributed by atoms with Crippen LogP contribution in [0, 0.1) is 11.7 Å². The second-order valence-electron chi connectivity index (χ2n) is 5.59. The summed E-state index contributed by atoms with van der Waals surface area (Å²) >= 11 is 3.37. The Morgan fingerprint density at radius 2 is 2.05 bits per heavy atom. The molecule has 1 fully saturated rings. The van der Waals surface area contributed by atoms with Gasteiger partial charge >= 0.3 is 0 Å². The Morgan fingerprint density at radius 1 is 1.42 bits per heavy atom. The molecule has 0 bridgehead atoms. The first kappa shape index (κ1) is 14.9. The van der Waals surface area contributed by atoms with Crippen molar-refractivity contribution in [3.8, 4) is 0 Å². The lowest BCUT2D eigenvalue weighted by molar-refractivity contribution is -0.0678. The number of hydrogen-bond acceptors (Lipinski definition) is 2. The van der Waals surface area contributed by atoms with E-state index >= 15 is 0 Å². The number of halogens is 2. The van der Waals surface area contributed by atoms with Crippen LogP contribution in [0.25, 0.3) is 0 Å². The summed E-state index contributed by atoms with van der Waals surface area (Å²) in [5.74, 6) is 0.438. The van der Waals surface area contributed by atoms with Gasteiger partial charge < -0.3 is 10.5 Å². The summed E-state index contributed by atoms with van der Waals surface area (Å²) in [6.45, 7) is 2.24. The number of ether oxygens (including phenoxy) is 1. The Kier molecular flexibility index (Phi) is 4.64. The molecule has 1 aromatic carbocycles. The van der Waals surface area contributed by atoms with Crippen LogP contribution in [0.1, 0.15) is 44.2 Å². The third-order valence-electron chi connectivity index (χ3n) is 4.39. The molecule has 0 spiro atoms. The molecule has 19 heavy (non-hydrogen) atoms. The molecule has 1 aromatic rings. The third-order valence-corrected chi connectivity index (χ3v) is 4.88. The predicted octanol–water partition coefficient (Wildman–Crippen LogP) is 4.18. The molecule has 106 valence electrons. The quantitative estimate of drug-likeness (QED) is 0.902. The molecule has 1 aliphatic rings. The maximum Gasteiger partial charge on any atom is 0.128 e. The first-order valence-electron chi connectivity index (χ1n) is 6.74. The van der Waals surface area contributed by atoms with Gasteiger partial charge in [0.1, 0.15) is 5.82 Å². The van der Waals surface area contributed by atoms with Crippen molar-refractivity contribution in [2.45, 2.75) is 44.2 Å². The van der Waals surface area contributed by atoms with Gasteiger partial charge in [-0.2, -0.15) is 0 Å². The summed E-state index contributed by atoms with van der Waals surface area (Å²) < 4.78 is 20.6. The number of hydrogen-bond donors (Lipinski definition) is 1. The zero-order chi connectivity index (χ0) is 14.0. The summed E-state index contributed by atoms with van der Waals surface area (Å²) in [6.07, 6.45) is 3.93. The first-order valence-corrected chi connectivity index (χ1v) is 7.53. The SMILES string of the molecule is COC1(C(N)c2cc(Br)ccc2F)CCC(C)CC1. The number of nitrogens with two attached hydrogens (primary N) is 1. The van der Waals surface area contributed by atoms with E-state index in [0.29, 0.717) is 11.5 Å². The molecule has 0 heterocycles. The summed E-state index contributed by atoms with van der Waals surface area (Å²) in [4.78, 5) is 0. The fourth-order valence-corrected chi connectivity index (χ4v) is 3.31. The molecule has 2 rings (SSSR count). The van der Waals surface area contributed by atoms with Crippen molar-refractivity contribution in [1.29, 1.82) is 0 Å². The smallest absolute Gasteiger partial charge is 0.128 e. The lowest BCUT2D eigenvalue weighted by Gasteiger charge is -2.42. The van der Waals surface area contributed by atoms with Gasteiger partial charge in [0, 0.05) is 17.1 Å². The number of methoxy groups -OCH3 is 1. The Bertz CT molecular complexity index is 444. The van der Waals surface area contributed by atoms with Gasteiger partial charge in [-0.15, -0.1) is 0 Å². The highest BCUT2D eigenvalue weighted by Gasteiger charge is 2.41. The summed E-state index contributed by atoms with van der Waals surface area (Å²) in [7, 11) is 1.69. The minimum absolute atomic E-state index is 0.259. The summed E-state index contributed by atoms with van der Waals surface area (Å²) in [6, 6.07) is 4.48. The standard InChI is InChI=1S/C15H21BrFNO/c1-10-5-7-15(19-2,8-6-10)14(18)12-9-11(16)3-4-13(12)17/h3-4,9-10,14H,5-8,18H2,1-2H3. The van der Waals surface area contributed by atoms with Crippen molar-refractivity contribution in [2.75, 3.05) is 7.11 Å². The molecule has 1 saturated carbocycles. The van der Waals surface area contributed by atoms with Crippen LogP contribution in [0.5, 0.6) is 0 Å². The van der Waals surface area contributed by atoms with Crippen LogP contribution in [0.3, 0.4) is 0 Å². The minimum Gasteiger partial charge on any atom is -0.376 e. The van der Waals surface area contributed by atoms with Gasteiger partial charge in [0.15, 0.2) is 0 Å². The van der Waals surface area contributed by atoms with Gasteiger partial charge in [-0.25, -0.2) is 4.39 Å². The first-order chi connectivity index (χ1) is 8.98. The minimum atomic E-state index is -0.436. The highest BCUT2D eigenvalue weighted by Crippen LogP contribution is 2.42. The van der Waals surface area contributed by atoms with Crippen molar-refractivity contribution >= 4 is 15.9 Å². The lowest BCUT2D eigenvalue weighted by atomic mass is 9.73. The third kappa shape index (κ3) is 3.01. The Morgan fingerprint density at radius 3 is 2.63 bits per heavy atom. The number of rotatable bonds is 3. The predicted molar refractivity (Wildman–Crippen MR) is 78.4 cm³/mol. The van der Waals surface area contributed by atoms with Crippen LogP contribution < -0.4 is 5.73 Å². The molecule has 0 aliphatic heterocycles. The highest BCUT2D eigenvalue weighted by molar-refractivity contribution is 9.10. The van der Waals surface area contributed by atoms with Gasteiger partial charge in [-0.3, -0.25) is 0 Å². The molecule has 1 unspecified atom stereocenters. The van der Waals surface area contributed by atoms with E-state index in [2.05, 4.69) is 22.9 Å². The Labute approximate surface area is 122 Å². The second-order valence-corrected chi connectivity index (χ2v) is 6.51. The van der Waals surface area contributed by atoms with E-state index < -0.39 is 11.6 Å². The zero-order valence-electron chi connectivity index (χ0n) is 11.5. The van der Waals surface area contributed by atoms with E-state index in [1.54, 1.807) is 19.2 Å². The second kappa shape index (κ2) is 5.90. The van der Waals surface area contributed by atoms with Gasteiger partial charge in [0.25, 0.3) is 0 Å². The monoisotopic (exact) mass is 329 g/mol. The Balaban J connectivity index is 2.30. The van der Waals surface area contributed by atoms with Gasteiger partial charge in [0.05, 0.1) is 11.6 Å². The molecular weight excluding hydrogens is 309 g/mol. The van der Waals surface area contributed by atoms with Crippen molar-refractivity contribution in [2.24, 2.45) is 11.7 Å². The number of benzene rings is 1. The molecule has 2 nitrogen and oxygen atoms in total. The molecular formula is C15H21BrFNO. The van der Waals surface area contributed by atoms with Crippen LogP contribution in [-0.2, 0) is 4.74 Å². The van der Waals surface area contributed by atoms with E-state index in [1.807, 2.05) is 0 Å². The van der Waals surface area contributed by atoms with Crippen LogP contribution in [0.4, 0.5) is 4.39 Å². The van der Waals surface area contributed by atoms with Crippen molar-refractivity contribution in [3.63, 3.8) is 0 Å². The van der Waals surface area contributed by atoms with Crippen LogP contribution in [0.15, 0.2) is 22.7 Å². The van der Waals surface area contributed by atoms with Crippen molar-refractivity contribution < 1.29 is 9.13 Å². The van der Waals surface area contributed by atoms with Crippen LogP contribution in [-0.4, -0.2) is 12.7 Å². The van der Waals surface area contributed by atoms with Crippen molar-refractivity contribution in [3.05, 3.63) is 34.1 Å². The van der Waals surface area contributed by atoms with E-state index in [-0.39, 0.29) is 5.82 Å². The Hall–Kier alpha value is -0.450. The molecule has 0 radical (unpaired) electrons. The average Bonchev–Trinajstić information content (AvgIpc) is 2.42. The molecule has 1 aliphatic carbocycles. The van der Waals surface area contributed by atoms with Crippen LogP contribution >= 0.6 is 15.9 Å². The molecule has 0 amide bonds. The maximum atomic E-state index is 14.0. The molecule has 1 atom stereocenters. The fourth-order valence-electron chi connectivity index (χ4n) is 2.93. The fraction of sp³-hybridized carbons (Fsp3) is 0.600. The molecule has 4 heteroatoms. The van der Waals surface area contributed by atoms with Gasteiger partial charge in [0.2, 0.25) is 0 Å².